The number of anilines is 2. The minimum atomic E-state index is -0.343. The molecule has 0 aliphatic rings. The molecule has 6 heteroatoms. The lowest BCUT2D eigenvalue weighted by Crippen LogP contribution is -2.20. The highest BCUT2D eigenvalue weighted by molar-refractivity contribution is 6.01. The van der Waals surface area contributed by atoms with Crippen molar-refractivity contribution in [1.29, 1.82) is 0 Å². The number of aryl methyl sites for hydroxylation is 3. The first-order chi connectivity index (χ1) is 11.9. The fourth-order valence-corrected chi connectivity index (χ4v) is 2.81. The molecule has 0 spiro atoms. The van der Waals surface area contributed by atoms with Crippen LogP contribution >= 0.6 is 0 Å². The number of carbonyl (C=O) groups excluding carboxylic acids is 1. The molecular formula is C19H24N2O4. The molecule has 6 nitrogen and oxygen atoms in total. The van der Waals surface area contributed by atoms with E-state index in [1.165, 1.54) is 21.3 Å². The van der Waals surface area contributed by atoms with Crippen LogP contribution in [-0.4, -0.2) is 27.4 Å². The summed E-state index contributed by atoms with van der Waals surface area (Å²) in [6.07, 6.45) is 0. The summed E-state index contributed by atoms with van der Waals surface area (Å²) in [6, 6.07) is 7.07. The van der Waals surface area contributed by atoms with Crippen LogP contribution < -0.4 is 24.8 Å². The summed E-state index contributed by atoms with van der Waals surface area (Å²) < 4.78 is 15.9. The Labute approximate surface area is 148 Å². The first kappa shape index (κ1) is 18.4. The van der Waals surface area contributed by atoms with Crippen LogP contribution in [0.3, 0.4) is 0 Å². The number of nitrogens with one attached hydrogen (secondary N) is 2. The van der Waals surface area contributed by atoms with Gasteiger partial charge in [-0.25, -0.2) is 4.79 Å². The van der Waals surface area contributed by atoms with Gasteiger partial charge in [-0.1, -0.05) is 17.7 Å². The zero-order valence-corrected chi connectivity index (χ0v) is 15.4. The van der Waals surface area contributed by atoms with E-state index in [2.05, 4.69) is 10.6 Å². The van der Waals surface area contributed by atoms with E-state index >= 15 is 0 Å². The van der Waals surface area contributed by atoms with Crippen LogP contribution in [0.25, 0.3) is 0 Å². The van der Waals surface area contributed by atoms with E-state index in [0.717, 1.165) is 22.4 Å². The molecule has 2 rings (SSSR count). The van der Waals surface area contributed by atoms with Gasteiger partial charge < -0.3 is 24.8 Å². The molecule has 0 aliphatic heterocycles. The molecule has 0 heterocycles. The Kier molecular flexibility index (Phi) is 5.75. The molecule has 2 aromatic carbocycles. The molecule has 0 saturated carbocycles. The second-order valence-corrected chi connectivity index (χ2v) is 5.77. The minimum absolute atomic E-state index is 0.343. The molecule has 0 aliphatic carbocycles. The molecule has 2 amide bonds. The summed E-state index contributed by atoms with van der Waals surface area (Å²) in [4.78, 5) is 12.4. The molecular weight excluding hydrogens is 320 g/mol. The van der Waals surface area contributed by atoms with Crippen molar-refractivity contribution < 1.29 is 19.0 Å². The van der Waals surface area contributed by atoms with Crippen molar-refractivity contribution >= 4 is 17.4 Å². The second kappa shape index (κ2) is 7.79. The van der Waals surface area contributed by atoms with Crippen LogP contribution in [0.4, 0.5) is 16.2 Å². The third-order valence-corrected chi connectivity index (χ3v) is 3.84. The van der Waals surface area contributed by atoms with E-state index < -0.39 is 0 Å². The first-order valence-corrected chi connectivity index (χ1v) is 7.85. The van der Waals surface area contributed by atoms with Crippen LogP contribution in [0.5, 0.6) is 17.2 Å². The molecule has 2 aromatic rings. The predicted molar refractivity (Wildman–Crippen MR) is 99.4 cm³/mol. The van der Waals surface area contributed by atoms with E-state index in [4.69, 9.17) is 14.2 Å². The predicted octanol–water partition coefficient (Wildman–Crippen LogP) is 4.28. The van der Waals surface area contributed by atoms with Crippen molar-refractivity contribution in [2.75, 3.05) is 32.0 Å². The summed E-state index contributed by atoms with van der Waals surface area (Å²) in [5, 5.41) is 5.69. The number of amides is 2. The highest BCUT2D eigenvalue weighted by atomic mass is 16.5. The highest BCUT2D eigenvalue weighted by Crippen LogP contribution is 2.40. The van der Waals surface area contributed by atoms with Crippen molar-refractivity contribution in [2.24, 2.45) is 0 Å². The normalized spacial score (nSPS) is 10.2. The van der Waals surface area contributed by atoms with Gasteiger partial charge in [-0.2, -0.15) is 0 Å². The molecule has 0 aromatic heterocycles. The Morgan fingerprint density at radius 1 is 0.800 bits per heavy atom. The van der Waals surface area contributed by atoms with E-state index in [0.29, 0.717) is 22.9 Å². The number of methoxy groups -OCH3 is 3. The van der Waals surface area contributed by atoms with Crippen molar-refractivity contribution in [3.8, 4) is 17.2 Å². The quantitative estimate of drug-likeness (QED) is 0.849. The third kappa shape index (κ3) is 4.15. The fourth-order valence-electron chi connectivity index (χ4n) is 2.81. The summed E-state index contributed by atoms with van der Waals surface area (Å²) in [6.45, 7) is 5.96. The molecule has 0 saturated heterocycles. The maximum atomic E-state index is 12.4. The van der Waals surface area contributed by atoms with Gasteiger partial charge in [0.15, 0.2) is 11.5 Å². The Morgan fingerprint density at radius 2 is 1.32 bits per heavy atom. The Hall–Kier alpha value is -2.89. The van der Waals surface area contributed by atoms with Crippen LogP contribution in [0.15, 0.2) is 24.3 Å². The maximum Gasteiger partial charge on any atom is 0.323 e. The number of hydrogen-bond donors (Lipinski definition) is 2. The lowest BCUT2D eigenvalue weighted by molar-refractivity contribution is 0.262. The van der Waals surface area contributed by atoms with Crippen molar-refractivity contribution in [3.05, 3.63) is 41.0 Å². The van der Waals surface area contributed by atoms with Gasteiger partial charge >= 0.3 is 6.03 Å². The van der Waals surface area contributed by atoms with Gasteiger partial charge in [0.25, 0.3) is 0 Å². The van der Waals surface area contributed by atoms with E-state index in [-0.39, 0.29) is 6.03 Å². The molecule has 0 atom stereocenters. The smallest absolute Gasteiger partial charge is 0.323 e. The summed E-state index contributed by atoms with van der Waals surface area (Å²) in [5.41, 5.74) is 4.52. The fraction of sp³-hybridized carbons (Fsp3) is 0.316. The lowest BCUT2D eigenvalue weighted by atomic mass is 10.1. The van der Waals surface area contributed by atoms with E-state index in [1.807, 2.05) is 32.9 Å². The van der Waals surface area contributed by atoms with Gasteiger partial charge in [0.05, 0.1) is 27.0 Å². The number of rotatable bonds is 5. The van der Waals surface area contributed by atoms with Gasteiger partial charge in [-0.15, -0.1) is 0 Å². The third-order valence-electron chi connectivity index (χ3n) is 3.84. The molecule has 134 valence electrons. The number of benzene rings is 2. The number of urea groups is 1. The molecule has 2 N–H and O–H groups in total. The zero-order valence-electron chi connectivity index (χ0n) is 15.4. The van der Waals surface area contributed by atoms with E-state index in [9.17, 15) is 4.79 Å². The Balaban J connectivity index is 2.24. The SMILES string of the molecule is COc1cc(NC(=O)Nc2c(C)cc(C)cc2C)cc(OC)c1OC. The van der Waals surface area contributed by atoms with Crippen LogP contribution in [0.1, 0.15) is 16.7 Å². The maximum absolute atomic E-state index is 12.4. The van der Waals surface area contributed by atoms with E-state index in [1.54, 1.807) is 12.1 Å². The molecule has 25 heavy (non-hydrogen) atoms. The second-order valence-electron chi connectivity index (χ2n) is 5.77. The molecule has 0 radical (unpaired) electrons. The van der Waals surface area contributed by atoms with Gasteiger partial charge in [-0.05, 0) is 31.9 Å². The Bertz CT molecular complexity index is 739. The standard InChI is InChI=1S/C19H24N2O4/c1-11-7-12(2)17(13(3)8-11)21-19(22)20-14-9-15(23-4)18(25-6)16(10-14)24-5/h7-10H,1-6H3,(H2,20,21,22). The summed E-state index contributed by atoms with van der Waals surface area (Å²) in [5.74, 6) is 1.42. The van der Waals surface area contributed by atoms with Gasteiger partial charge in [0, 0.05) is 17.8 Å². The van der Waals surface area contributed by atoms with Gasteiger partial charge in [0.1, 0.15) is 0 Å². The number of carbonyl (C=O) groups is 1. The number of hydrogen-bond acceptors (Lipinski definition) is 4. The lowest BCUT2D eigenvalue weighted by Gasteiger charge is -2.16. The largest absolute Gasteiger partial charge is 0.493 e. The minimum Gasteiger partial charge on any atom is -0.493 e. The molecule has 0 fully saturated rings. The first-order valence-electron chi connectivity index (χ1n) is 7.85. The van der Waals surface area contributed by atoms with Crippen molar-refractivity contribution in [1.82, 2.24) is 0 Å². The van der Waals surface area contributed by atoms with Crippen LogP contribution in [-0.2, 0) is 0 Å². The summed E-state index contributed by atoms with van der Waals surface area (Å²) in [7, 11) is 4.59. The highest BCUT2D eigenvalue weighted by Gasteiger charge is 2.15. The Morgan fingerprint density at radius 3 is 1.76 bits per heavy atom. The summed E-state index contributed by atoms with van der Waals surface area (Å²) >= 11 is 0. The molecule has 0 bridgehead atoms. The van der Waals surface area contributed by atoms with Gasteiger partial charge in [-0.3, -0.25) is 0 Å². The number of ether oxygens (including phenoxy) is 3. The van der Waals surface area contributed by atoms with Gasteiger partial charge in [0.2, 0.25) is 5.75 Å². The topological polar surface area (TPSA) is 68.8 Å². The zero-order chi connectivity index (χ0) is 18.6. The average molecular weight is 344 g/mol. The molecule has 0 unspecified atom stereocenters. The monoisotopic (exact) mass is 344 g/mol. The van der Waals surface area contributed by atoms with Crippen molar-refractivity contribution in [2.45, 2.75) is 20.8 Å². The average Bonchev–Trinajstić information content (AvgIpc) is 2.57. The van der Waals surface area contributed by atoms with Crippen molar-refractivity contribution in [3.63, 3.8) is 0 Å². The van der Waals surface area contributed by atoms with Crippen LogP contribution in [0.2, 0.25) is 0 Å². The van der Waals surface area contributed by atoms with Crippen LogP contribution in [0, 0.1) is 20.8 Å².